The van der Waals surface area contributed by atoms with Gasteiger partial charge in [-0.15, -0.1) is 0 Å². The molecule has 0 aliphatic carbocycles. The predicted molar refractivity (Wildman–Crippen MR) is 75.5 cm³/mol. The van der Waals surface area contributed by atoms with Gasteiger partial charge in [-0.1, -0.05) is 25.4 Å². The summed E-state index contributed by atoms with van der Waals surface area (Å²) in [6.07, 6.45) is 0. The van der Waals surface area contributed by atoms with Gasteiger partial charge in [0.1, 0.15) is 28.7 Å². The van der Waals surface area contributed by atoms with E-state index in [1.807, 2.05) is 13.8 Å². The highest BCUT2D eigenvalue weighted by molar-refractivity contribution is 6.29. The van der Waals surface area contributed by atoms with Crippen LogP contribution in [0.25, 0.3) is 0 Å². The molecule has 0 spiro atoms. The molecular formula is C14H12ClFN4. The molecule has 0 aliphatic rings. The van der Waals surface area contributed by atoms with Crippen molar-refractivity contribution >= 4 is 23.1 Å². The van der Waals surface area contributed by atoms with Crippen molar-refractivity contribution in [2.75, 3.05) is 5.32 Å². The monoisotopic (exact) mass is 290 g/mol. The molecule has 0 atom stereocenters. The van der Waals surface area contributed by atoms with Crippen molar-refractivity contribution in [1.82, 2.24) is 9.97 Å². The van der Waals surface area contributed by atoms with Crippen LogP contribution in [0.2, 0.25) is 5.15 Å². The lowest BCUT2D eigenvalue weighted by atomic mass is 10.2. The average Bonchev–Trinajstić information content (AvgIpc) is 2.40. The van der Waals surface area contributed by atoms with Crippen molar-refractivity contribution in [2.24, 2.45) is 0 Å². The zero-order valence-electron chi connectivity index (χ0n) is 11.0. The molecule has 20 heavy (non-hydrogen) atoms. The number of anilines is 2. The number of nitrogens with one attached hydrogen (secondary N) is 1. The van der Waals surface area contributed by atoms with Crippen molar-refractivity contribution in [3.05, 3.63) is 46.6 Å². The molecule has 0 unspecified atom stereocenters. The molecule has 1 aromatic heterocycles. The van der Waals surface area contributed by atoms with Crippen LogP contribution in [0.4, 0.5) is 15.9 Å². The predicted octanol–water partition coefficient (Wildman–Crippen LogP) is 4.01. The topological polar surface area (TPSA) is 61.6 Å². The second kappa shape index (κ2) is 5.85. The Bertz CT molecular complexity index is 679. The smallest absolute Gasteiger partial charge is 0.141 e. The van der Waals surface area contributed by atoms with Crippen LogP contribution in [0.3, 0.4) is 0 Å². The lowest BCUT2D eigenvalue weighted by Gasteiger charge is -2.10. The van der Waals surface area contributed by atoms with E-state index < -0.39 is 5.82 Å². The number of aromatic nitrogens is 2. The first-order valence-electron chi connectivity index (χ1n) is 6.00. The number of nitriles is 1. The molecule has 0 bridgehead atoms. The number of nitrogens with zero attached hydrogens (tertiary/aromatic N) is 3. The quantitative estimate of drug-likeness (QED) is 0.868. The Balaban J connectivity index is 2.33. The van der Waals surface area contributed by atoms with Gasteiger partial charge < -0.3 is 5.32 Å². The average molecular weight is 291 g/mol. The molecule has 0 aliphatic heterocycles. The third-order valence-corrected chi connectivity index (χ3v) is 2.78. The first kappa shape index (κ1) is 14.2. The Morgan fingerprint density at radius 1 is 1.30 bits per heavy atom. The SMILES string of the molecule is CC(C)c1nc(Cl)cc(Nc2ccc(F)c(C#N)c2)n1. The van der Waals surface area contributed by atoms with Gasteiger partial charge in [0.2, 0.25) is 0 Å². The second-order valence-corrected chi connectivity index (χ2v) is 4.91. The number of benzene rings is 1. The van der Waals surface area contributed by atoms with Crippen LogP contribution in [0.5, 0.6) is 0 Å². The number of rotatable bonds is 3. The fraction of sp³-hybridized carbons (Fsp3) is 0.214. The summed E-state index contributed by atoms with van der Waals surface area (Å²) in [5.41, 5.74) is 0.534. The summed E-state index contributed by atoms with van der Waals surface area (Å²) in [6.45, 7) is 3.92. The maximum atomic E-state index is 13.2. The largest absolute Gasteiger partial charge is 0.340 e. The zero-order chi connectivity index (χ0) is 14.7. The second-order valence-electron chi connectivity index (χ2n) is 4.52. The summed E-state index contributed by atoms with van der Waals surface area (Å²) in [4.78, 5) is 8.45. The Kier molecular flexibility index (Phi) is 4.16. The molecule has 102 valence electrons. The van der Waals surface area contributed by atoms with E-state index in [0.29, 0.717) is 22.5 Å². The van der Waals surface area contributed by atoms with E-state index in [1.165, 1.54) is 18.2 Å². The molecule has 1 N–H and O–H groups in total. The molecule has 0 saturated carbocycles. The van der Waals surface area contributed by atoms with E-state index in [0.717, 1.165) is 0 Å². The van der Waals surface area contributed by atoms with Crippen LogP contribution in [0, 0.1) is 17.1 Å². The molecule has 0 radical (unpaired) electrons. The molecule has 2 rings (SSSR count). The van der Waals surface area contributed by atoms with E-state index in [1.54, 1.807) is 12.1 Å². The minimum atomic E-state index is -0.554. The van der Waals surface area contributed by atoms with Gasteiger partial charge in [-0.25, -0.2) is 14.4 Å². The number of hydrogen-bond acceptors (Lipinski definition) is 4. The molecule has 1 heterocycles. The molecular weight excluding hydrogens is 279 g/mol. The highest BCUT2D eigenvalue weighted by Crippen LogP contribution is 2.22. The third kappa shape index (κ3) is 3.22. The van der Waals surface area contributed by atoms with E-state index in [9.17, 15) is 4.39 Å². The maximum Gasteiger partial charge on any atom is 0.141 e. The van der Waals surface area contributed by atoms with Gasteiger partial charge in [0.15, 0.2) is 0 Å². The summed E-state index contributed by atoms with van der Waals surface area (Å²) in [5.74, 6) is 0.700. The van der Waals surface area contributed by atoms with Crippen LogP contribution in [-0.4, -0.2) is 9.97 Å². The number of hydrogen-bond donors (Lipinski definition) is 1. The van der Waals surface area contributed by atoms with Gasteiger partial charge in [0.25, 0.3) is 0 Å². The fourth-order valence-corrected chi connectivity index (χ4v) is 1.78. The van der Waals surface area contributed by atoms with Crippen molar-refractivity contribution < 1.29 is 4.39 Å². The molecule has 1 aromatic carbocycles. The molecule has 0 amide bonds. The standard InChI is InChI=1S/C14H12ClFN4/c1-8(2)14-19-12(15)6-13(20-14)18-10-3-4-11(16)9(5-10)7-17/h3-6,8H,1-2H3,(H,18,19,20). The van der Waals surface area contributed by atoms with Crippen LogP contribution >= 0.6 is 11.6 Å². The summed E-state index contributed by atoms with van der Waals surface area (Å²) < 4.78 is 13.2. The summed E-state index contributed by atoms with van der Waals surface area (Å²) in [5, 5.41) is 12.1. The highest BCUT2D eigenvalue weighted by atomic mass is 35.5. The van der Waals surface area contributed by atoms with Crippen molar-refractivity contribution in [3.8, 4) is 6.07 Å². The summed E-state index contributed by atoms with van der Waals surface area (Å²) >= 11 is 5.94. The van der Waals surface area contributed by atoms with E-state index in [-0.39, 0.29) is 11.5 Å². The van der Waals surface area contributed by atoms with E-state index in [2.05, 4.69) is 15.3 Å². The van der Waals surface area contributed by atoms with Gasteiger partial charge in [0, 0.05) is 17.7 Å². The fourth-order valence-electron chi connectivity index (χ4n) is 1.59. The Morgan fingerprint density at radius 3 is 2.70 bits per heavy atom. The van der Waals surface area contributed by atoms with Gasteiger partial charge >= 0.3 is 0 Å². The van der Waals surface area contributed by atoms with Crippen molar-refractivity contribution in [1.29, 1.82) is 5.26 Å². The summed E-state index contributed by atoms with van der Waals surface area (Å²) in [6, 6.07) is 7.54. The highest BCUT2D eigenvalue weighted by Gasteiger charge is 2.08. The van der Waals surface area contributed by atoms with Crippen LogP contribution in [-0.2, 0) is 0 Å². The molecule has 0 fully saturated rings. The van der Waals surface area contributed by atoms with E-state index >= 15 is 0 Å². The van der Waals surface area contributed by atoms with Gasteiger partial charge in [0.05, 0.1) is 5.56 Å². The van der Waals surface area contributed by atoms with Gasteiger partial charge in [-0.2, -0.15) is 5.26 Å². The number of halogens is 2. The normalized spacial score (nSPS) is 10.4. The van der Waals surface area contributed by atoms with Gasteiger partial charge in [-0.05, 0) is 18.2 Å². The van der Waals surface area contributed by atoms with Crippen molar-refractivity contribution in [3.63, 3.8) is 0 Å². The zero-order valence-corrected chi connectivity index (χ0v) is 11.7. The van der Waals surface area contributed by atoms with Crippen molar-refractivity contribution in [2.45, 2.75) is 19.8 Å². The molecule has 0 saturated heterocycles. The van der Waals surface area contributed by atoms with Gasteiger partial charge in [-0.3, -0.25) is 0 Å². The Labute approximate surface area is 121 Å². The maximum absolute atomic E-state index is 13.2. The minimum Gasteiger partial charge on any atom is -0.340 e. The van der Waals surface area contributed by atoms with E-state index in [4.69, 9.17) is 16.9 Å². The Morgan fingerprint density at radius 2 is 2.05 bits per heavy atom. The molecule has 4 nitrogen and oxygen atoms in total. The molecule has 2 aromatic rings. The third-order valence-electron chi connectivity index (χ3n) is 2.59. The van der Waals surface area contributed by atoms with Crippen LogP contribution in [0.1, 0.15) is 31.2 Å². The molecule has 6 heteroatoms. The summed E-state index contributed by atoms with van der Waals surface area (Å²) in [7, 11) is 0. The Hall–Kier alpha value is -2.19. The first-order valence-corrected chi connectivity index (χ1v) is 6.38. The van der Waals surface area contributed by atoms with Crippen LogP contribution < -0.4 is 5.32 Å². The van der Waals surface area contributed by atoms with Crippen LogP contribution in [0.15, 0.2) is 24.3 Å². The minimum absolute atomic E-state index is 0.0285. The lowest BCUT2D eigenvalue weighted by molar-refractivity contribution is 0.624. The lowest BCUT2D eigenvalue weighted by Crippen LogP contribution is -2.02. The first-order chi connectivity index (χ1) is 9.49.